The van der Waals surface area contributed by atoms with Gasteiger partial charge in [-0.15, -0.1) is 0 Å². The van der Waals surface area contributed by atoms with Gasteiger partial charge in [-0.2, -0.15) is 0 Å². The highest BCUT2D eigenvalue weighted by molar-refractivity contribution is 6.01. The maximum atomic E-state index is 13.3. The maximum absolute atomic E-state index is 13.3. The van der Waals surface area contributed by atoms with Gasteiger partial charge in [-0.1, -0.05) is 37.5 Å². The summed E-state index contributed by atoms with van der Waals surface area (Å²) >= 11 is 0. The number of nitrogens with zero attached hydrogens (tertiary/aromatic N) is 2. The zero-order chi connectivity index (χ0) is 21.5. The molecule has 0 unspecified atom stereocenters. The van der Waals surface area contributed by atoms with Gasteiger partial charge in [-0.25, -0.2) is 0 Å². The van der Waals surface area contributed by atoms with Gasteiger partial charge in [0, 0.05) is 48.2 Å². The Labute approximate surface area is 189 Å². The Morgan fingerprint density at radius 3 is 2.62 bits per heavy atom. The average Bonchev–Trinajstić information content (AvgIpc) is 3.05. The molecule has 3 heterocycles. The number of nitrogens with one attached hydrogen (secondary N) is 1. The normalized spacial score (nSPS) is 19.2. The van der Waals surface area contributed by atoms with Crippen LogP contribution in [0.3, 0.4) is 0 Å². The lowest BCUT2D eigenvalue weighted by Crippen LogP contribution is -2.46. The van der Waals surface area contributed by atoms with Crippen molar-refractivity contribution in [3.05, 3.63) is 53.6 Å². The number of amides is 1. The first kappa shape index (κ1) is 19.9. The number of fused-ring (bicyclic) bond motifs is 5. The third kappa shape index (κ3) is 3.30. The lowest BCUT2D eigenvalue weighted by atomic mass is 9.81. The molecule has 0 radical (unpaired) electrons. The summed E-state index contributed by atoms with van der Waals surface area (Å²) < 4.78 is 8.58. The van der Waals surface area contributed by atoms with Crippen LogP contribution in [0.1, 0.15) is 53.9 Å². The Bertz CT molecular complexity index is 1150. The fourth-order valence-electron chi connectivity index (χ4n) is 5.92. The Morgan fingerprint density at radius 1 is 0.969 bits per heavy atom. The molecule has 1 amide bonds. The highest BCUT2D eigenvalue weighted by Crippen LogP contribution is 2.47. The standard InChI is InChI=1S/C27H31N3O2/c31-27(29-14-12-28-13-15-29)20-10-11-21-23(18-20)30-16-17-32-24-9-5-4-8-22(24)26(30)25(21)19-6-2-1-3-7-19/h4-5,8-11,18-19,28H,1-3,6-7,12-17H2. The SMILES string of the molecule is O=C(c1ccc2c(C3CCCCC3)c3n(c2c1)CCOc1ccccc1-3)N1CCNCC1. The van der Waals surface area contributed by atoms with E-state index in [0.29, 0.717) is 12.5 Å². The third-order valence-electron chi connectivity index (χ3n) is 7.48. The molecule has 1 aromatic heterocycles. The molecule has 0 spiro atoms. The number of piperazine rings is 1. The van der Waals surface area contributed by atoms with Gasteiger partial charge in [0.1, 0.15) is 12.4 Å². The molecule has 1 saturated carbocycles. The van der Waals surface area contributed by atoms with Gasteiger partial charge in [-0.05, 0) is 48.6 Å². The molecule has 5 nitrogen and oxygen atoms in total. The Balaban J connectivity index is 1.54. The van der Waals surface area contributed by atoms with Crippen molar-refractivity contribution >= 4 is 16.8 Å². The van der Waals surface area contributed by atoms with Crippen LogP contribution >= 0.6 is 0 Å². The van der Waals surface area contributed by atoms with Crippen molar-refractivity contribution in [3.63, 3.8) is 0 Å². The first-order valence-corrected chi connectivity index (χ1v) is 12.2. The number of carbonyl (C=O) groups excluding carboxylic acids is 1. The Hall–Kier alpha value is -2.79. The summed E-state index contributed by atoms with van der Waals surface area (Å²) in [5.74, 6) is 1.69. The van der Waals surface area contributed by atoms with Crippen molar-refractivity contribution in [3.8, 4) is 17.0 Å². The van der Waals surface area contributed by atoms with Gasteiger partial charge in [0.2, 0.25) is 0 Å². The minimum atomic E-state index is 0.147. The minimum absolute atomic E-state index is 0.147. The second-order valence-corrected chi connectivity index (χ2v) is 9.37. The minimum Gasteiger partial charge on any atom is -0.491 e. The van der Waals surface area contributed by atoms with E-state index in [1.54, 1.807) is 0 Å². The Kier molecular flexibility index (Phi) is 5.14. The van der Waals surface area contributed by atoms with Crippen LogP contribution in [-0.2, 0) is 6.54 Å². The van der Waals surface area contributed by atoms with Crippen LogP contribution in [0.2, 0.25) is 0 Å². The van der Waals surface area contributed by atoms with Gasteiger partial charge in [0.05, 0.1) is 12.2 Å². The summed E-state index contributed by atoms with van der Waals surface area (Å²) in [4.78, 5) is 15.2. The van der Waals surface area contributed by atoms with Gasteiger partial charge < -0.3 is 19.5 Å². The van der Waals surface area contributed by atoms with Crippen LogP contribution in [0.25, 0.3) is 22.2 Å². The highest BCUT2D eigenvalue weighted by atomic mass is 16.5. The number of para-hydroxylation sites is 1. The maximum Gasteiger partial charge on any atom is 0.254 e. The third-order valence-corrected chi connectivity index (χ3v) is 7.48. The van der Waals surface area contributed by atoms with Gasteiger partial charge in [-0.3, -0.25) is 4.79 Å². The van der Waals surface area contributed by atoms with Crippen LogP contribution in [0.15, 0.2) is 42.5 Å². The van der Waals surface area contributed by atoms with Crippen molar-refractivity contribution < 1.29 is 9.53 Å². The molecule has 2 aliphatic heterocycles. The molecule has 32 heavy (non-hydrogen) atoms. The topological polar surface area (TPSA) is 46.5 Å². The first-order valence-electron chi connectivity index (χ1n) is 12.2. The molecule has 6 rings (SSSR count). The largest absolute Gasteiger partial charge is 0.491 e. The second-order valence-electron chi connectivity index (χ2n) is 9.37. The molecule has 166 valence electrons. The lowest BCUT2D eigenvalue weighted by Gasteiger charge is -2.27. The molecule has 3 aliphatic rings. The summed E-state index contributed by atoms with van der Waals surface area (Å²) in [6.45, 7) is 4.74. The summed E-state index contributed by atoms with van der Waals surface area (Å²) in [6.07, 6.45) is 6.43. The fourth-order valence-corrected chi connectivity index (χ4v) is 5.92. The van der Waals surface area contributed by atoms with Crippen LogP contribution in [0.4, 0.5) is 0 Å². The molecule has 5 heteroatoms. The van der Waals surface area contributed by atoms with E-state index in [1.165, 1.54) is 59.8 Å². The lowest BCUT2D eigenvalue weighted by molar-refractivity contribution is 0.0736. The molecule has 1 aliphatic carbocycles. The van der Waals surface area contributed by atoms with E-state index in [0.717, 1.165) is 44.0 Å². The molecule has 0 atom stereocenters. The smallest absolute Gasteiger partial charge is 0.254 e. The number of aromatic nitrogens is 1. The molecule has 2 aromatic carbocycles. The molecule has 3 aromatic rings. The predicted octanol–water partition coefficient (Wildman–Crippen LogP) is 4.79. The summed E-state index contributed by atoms with van der Waals surface area (Å²) in [5, 5.41) is 4.66. The average molecular weight is 430 g/mol. The predicted molar refractivity (Wildman–Crippen MR) is 127 cm³/mol. The van der Waals surface area contributed by atoms with E-state index in [1.807, 2.05) is 4.90 Å². The van der Waals surface area contributed by atoms with Crippen molar-refractivity contribution in [2.24, 2.45) is 0 Å². The number of hydrogen-bond acceptors (Lipinski definition) is 3. The van der Waals surface area contributed by atoms with E-state index < -0.39 is 0 Å². The molecule has 1 N–H and O–H groups in total. The number of hydrogen-bond donors (Lipinski definition) is 1. The molecule has 1 saturated heterocycles. The molecular formula is C27H31N3O2. The van der Waals surface area contributed by atoms with E-state index in [2.05, 4.69) is 52.3 Å². The zero-order valence-corrected chi connectivity index (χ0v) is 18.6. The number of ether oxygens (including phenoxy) is 1. The quantitative estimate of drug-likeness (QED) is 0.637. The highest BCUT2D eigenvalue weighted by Gasteiger charge is 2.29. The van der Waals surface area contributed by atoms with Crippen molar-refractivity contribution in [2.45, 2.75) is 44.6 Å². The van der Waals surface area contributed by atoms with Crippen LogP contribution < -0.4 is 10.1 Å². The number of carbonyl (C=O) groups is 1. The monoisotopic (exact) mass is 429 g/mol. The van der Waals surface area contributed by atoms with E-state index in [4.69, 9.17) is 4.74 Å². The second kappa shape index (κ2) is 8.28. The molecular weight excluding hydrogens is 398 g/mol. The van der Waals surface area contributed by atoms with Gasteiger partial charge in [0.15, 0.2) is 0 Å². The first-order chi connectivity index (χ1) is 15.8. The van der Waals surface area contributed by atoms with Crippen molar-refractivity contribution in [2.75, 3.05) is 32.8 Å². The van der Waals surface area contributed by atoms with E-state index >= 15 is 0 Å². The van der Waals surface area contributed by atoms with Crippen molar-refractivity contribution in [1.82, 2.24) is 14.8 Å². The van der Waals surface area contributed by atoms with E-state index in [9.17, 15) is 4.79 Å². The molecule has 0 bridgehead atoms. The summed E-state index contributed by atoms with van der Waals surface area (Å²) in [5.41, 5.74) is 5.96. The van der Waals surface area contributed by atoms with Crippen LogP contribution in [0, 0.1) is 0 Å². The van der Waals surface area contributed by atoms with E-state index in [-0.39, 0.29) is 5.91 Å². The van der Waals surface area contributed by atoms with Crippen molar-refractivity contribution in [1.29, 1.82) is 0 Å². The van der Waals surface area contributed by atoms with Crippen LogP contribution in [0.5, 0.6) is 5.75 Å². The number of benzene rings is 2. The summed E-state index contributed by atoms with van der Waals surface area (Å²) in [6, 6.07) is 14.9. The zero-order valence-electron chi connectivity index (χ0n) is 18.6. The van der Waals surface area contributed by atoms with Gasteiger partial charge >= 0.3 is 0 Å². The van der Waals surface area contributed by atoms with Gasteiger partial charge in [0.25, 0.3) is 5.91 Å². The Morgan fingerprint density at radius 2 is 1.78 bits per heavy atom. The molecule has 2 fully saturated rings. The van der Waals surface area contributed by atoms with Crippen LogP contribution in [-0.4, -0.2) is 48.2 Å². The number of rotatable bonds is 2. The fraction of sp³-hybridized carbons (Fsp3) is 0.444. The summed E-state index contributed by atoms with van der Waals surface area (Å²) in [7, 11) is 0.